The Bertz CT molecular complexity index is 2560. The van der Waals surface area contributed by atoms with Gasteiger partial charge in [0.05, 0.1) is 28.8 Å². The first kappa shape index (κ1) is 46.5. The van der Waals surface area contributed by atoms with Gasteiger partial charge in [-0.2, -0.15) is 0 Å². The number of hydrogen-bond donors (Lipinski definition) is 2. The number of nitrogens with zero attached hydrogens (tertiary/aromatic N) is 6. The van der Waals surface area contributed by atoms with Gasteiger partial charge in [-0.05, 0) is 98.6 Å². The maximum atomic E-state index is 14.8. The van der Waals surface area contributed by atoms with Crippen LogP contribution in [0.1, 0.15) is 81.0 Å². The van der Waals surface area contributed by atoms with Gasteiger partial charge in [0.15, 0.2) is 17.4 Å². The molecule has 9 rings (SSSR count). The Labute approximate surface area is 392 Å². The van der Waals surface area contributed by atoms with Crippen LogP contribution in [0.4, 0.5) is 8.78 Å². The molecule has 18 heteroatoms. The lowest BCUT2D eigenvalue weighted by Gasteiger charge is -2.39. The summed E-state index contributed by atoms with van der Waals surface area (Å²) in [5, 5.41) is 13.7. The van der Waals surface area contributed by atoms with Crippen molar-refractivity contribution >= 4 is 56.0 Å². The minimum atomic E-state index is -1.09. The van der Waals surface area contributed by atoms with E-state index in [1.54, 1.807) is 46.1 Å². The zero-order valence-corrected chi connectivity index (χ0v) is 39.0. The van der Waals surface area contributed by atoms with Gasteiger partial charge in [-0.25, -0.2) is 8.78 Å². The zero-order chi connectivity index (χ0) is 46.6. The predicted molar refractivity (Wildman–Crippen MR) is 249 cm³/mol. The molecule has 3 atom stereocenters. The summed E-state index contributed by atoms with van der Waals surface area (Å²) in [5.41, 5.74) is 0.345. The highest BCUT2D eigenvalue weighted by Crippen LogP contribution is 2.33. The fourth-order valence-corrected chi connectivity index (χ4v) is 11.0. The first-order chi connectivity index (χ1) is 32.5. The van der Waals surface area contributed by atoms with Crippen LogP contribution in [0.5, 0.6) is 11.6 Å². The fraction of sp³-hybridized carbons (Fsp3) is 0.531. The third-order valence-electron chi connectivity index (χ3n) is 14.2. The van der Waals surface area contributed by atoms with Crippen molar-refractivity contribution in [3.05, 3.63) is 77.0 Å². The minimum absolute atomic E-state index is 0.0316. The molecule has 3 saturated heterocycles. The normalized spacial score (nSPS) is 19.8. The third-order valence-corrected chi connectivity index (χ3v) is 15.1. The number of likely N-dealkylation sites (tertiary alicyclic amines) is 2. The Hall–Kier alpha value is -5.59. The number of nitrogens with one attached hydrogen (secondary N) is 2. The number of rotatable bonds is 15. The van der Waals surface area contributed by atoms with E-state index in [2.05, 4.69) is 38.2 Å². The summed E-state index contributed by atoms with van der Waals surface area (Å²) in [5.74, 6) is -1.26. The summed E-state index contributed by atoms with van der Waals surface area (Å²) in [6, 6.07) is 12.2. The number of carbonyl (C=O) groups excluding carboxylic acids is 4. The highest BCUT2D eigenvalue weighted by Gasteiger charge is 2.37. The Morgan fingerprint density at radius 3 is 2.40 bits per heavy atom. The van der Waals surface area contributed by atoms with Gasteiger partial charge >= 0.3 is 0 Å². The number of amides is 4. The SMILES string of the molecule is CN[C@@H](C)C(=O)NC(C(=O)N1CCN(C(=O)c2cc3cc(F)c(F)cc3n2CC(=O)N2CCC[C@@H]2COc2cc(CN3CCC(Oc4cccc5ccsc45)CC3)on2)CC1)C1CCCCC1. The van der Waals surface area contributed by atoms with Crippen LogP contribution in [-0.2, 0) is 27.5 Å². The van der Waals surface area contributed by atoms with Crippen LogP contribution in [-0.4, -0.2) is 137 Å². The molecule has 1 aliphatic carbocycles. The maximum Gasteiger partial charge on any atom is 0.270 e. The van der Waals surface area contributed by atoms with Crippen molar-refractivity contribution < 1.29 is 42.0 Å². The lowest BCUT2D eigenvalue weighted by Crippen LogP contribution is -2.59. The summed E-state index contributed by atoms with van der Waals surface area (Å²) in [6.07, 6.45) is 8.17. The average molecular weight is 943 g/mol. The van der Waals surface area contributed by atoms with Gasteiger partial charge in [0.2, 0.25) is 17.7 Å². The fourth-order valence-electron chi connectivity index (χ4n) is 10.2. The zero-order valence-electron chi connectivity index (χ0n) is 38.2. The van der Waals surface area contributed by atoms with Crippen molar-refractivity contribution in [1.29, 1.82) is 0 Å². The second kappa shape index (κ2) is 20.7. The number of piperidine rings is 1. The number of fused-ring (bicyclic) bond motifs is 2. The number of carbonyl (C=O) groups is 4. The van der Waals surface area contributed by atoms with E-state index in [0.717, 1.165) is 82.3 Å². The molecule has 4 aliphatic rings. The Morgan fingerprint density at radius 2 is 1.63 bits per heavy atom. The van der Waals surface area contributed by atoms with Gasteiger partial charge in [-0.3, -0.25) is 24.1 Å². The molecule has 3 aromatic heterocycles. The topological polar surface area (TPSA) is 155 Å². The molecule has 15 nitrogen and oxygen atoms in total. The van der Waals surface area contributed by atoms with E-state index in [-0.39, 0.29) is 86.3 Å². The van der Waals surface area contributed by atoms with Gasteiger partial charge in [-0.15, -0.1) is 11.3 Å². The molecule has 3 aliphatic heterocycles. The van der Waals surface area contributed by atoms with Crippen molar-refractivity contribution in [2.45, 2.75) is 102 Å². The highest BCUT2D eigenvalue weighted by molar-refractivity contribution is 7.17. The van der Waals surface area contributed by atoms with E-state index in [4.69, 9.17) is 14.0 Å². The number of hydrogen-bond acceptors (Lipinski definition) is 11. The van der Waals surface area contributed by atoms with E-state index in [9.17, 15) is 28.0 Å². The number of ether oxygens (including phenoxy) is 2. The Morgan fingerprint density at radius 1 is 0.866 bits per heavy atom. The van der Waals surface area contributed by atoms with Gasteiger partial charge in [-0.1, -0.05) is 31.4 Å². The molecule has 0 radical (unpaired) electrons. The maximum absolute atomic E-state index is 14.8. The standard InChI is InChI=1S/C49H60F2N8O7S/c1-31(52-2)47(61)53-45(32-8-4-3-5-9-32)49(63)57-21-19-56(20-22-57)48(62)41-25-34-24-38(50)39(51)27-40(34)59(41)29-44(60)58-16-7-11-35(58)30-64-43-26-37(66-54-43)28-55-17-13-36(14-18-55)65-42-12-6-10-33-15-23-67-46(33)42/h6,10,12,15,23-27,31-32,35-36,45,52H,3-5,7-9,11,13-14,16-22,28-30H2,1-2H3,(H,53,61)/t31-,35+,45?/m0/s1. The van der Waals surface area contributed by atoms with E-state index in [1.165, 1.54) is 20.7 Å². The van der Waals surface area contributed by atoms with Crippen LogP contribution in [0.3, 0.4) is 0 Å². The first-order valence-corrected chi connectivity index (χ1v) is 24.7. The molecule has 2 N–H and O–H groups in total. The second-order valence-electron chi connectivity index (χ2n) is 18.5. The molecule has 358 valence electrons. The number of piperazine rings is 1. The predicted octanol–water partition coefficient (Wildman–Crippen LogP) is 6.19. The van der Waals surface area contributed by atoms with Gasteiger partial charge in [0.25, 0.3) is 11.8 Å². The molecule has 67 heavy (non-hydrogen) atoms. The van der Waals surface area contributed by atoms with Gasteiger partial charge < -0.3 is 43.9 Å². The monoisotopic (exact) mass is 942 g/mol. The third kappa shape index (κ3) is 10.5. The van der Waals surface area contributed by atoms with Crippen LogP contribution < -0.4 is 20.1 Å². The number of thiophene rings is 1. The summed E-state index contributed by atoms with van der Waals surface area (Å²) in [4.78, 5) is 62.8. The van der Waals surface area contributed by atoms with Crippen molar-refractivity contribution in [2.24, 2.45) is 5.92 Å². The van der Waals surface area contributed by atoms with Crippen molar-refractivity contribution in [3.63, 3.8) is 0 Å². The molecular formula is C49H60F2N8O7S. The van der Waals surface area contributed by atoms with Gasteiger partial charge in [0.1, 0.15) is 36.7 Å². The summed E-state index contributed by atoms with van der Waals surface area (Å²) in [7, 11) is 1.70. The largest absolute Gasteiger partial charge is 0.489 e. The molecular weight excluding hydrogens is 883 g/mol. The van der Waals surface area contributed by atoms with Crippen LogP contribution in [0.25, 0.3) is 21.0 Å². The van der Waals surface area contributed by atoms with E-state index in [1.807, 2.05) is 12.1 Å². The lowest BCUT2D eigenvalue weighted by molar-refractivity contribution is -0.140. The van der Waals surface area contributed by atoms with Crippen LogP contribution in [0, 0.1) is 17.6 Å². The molecule has 1 unspecified atom stereocenters. The number of likely N-dealkylation sites (N-methyl/N-ethyl adjacent to an activating group) is 1. The highest BCUT2D eigenvalue weighted by atomic mass is 32.1. The summed E-state index contributed by atoms with van der Waals surface area (Å²) < 4.78 is 50.2. The second-order valence-corrected chi connectivity index (χ2v) is 19.4. The molecule has 6 heterocycles. The molecule has 5 aromatic rings. The Balaban J connectivity index is 0.803. The lowest BCUT2D eigenvalue weighted by atomic mass is 9.83. The van der Waals surface area contributed by atoms with E-state index in [0.29, 0.717) is 36.5 Å². The molecule has 1 saturated carbocycles. The quantitative estimate of drug-likeness (QED) is 0.124. The number of halogens is 2. The van der Waals surface area contributed by atoms with Crippen LogP contribution in [0.2, 0.25) is 0 Å². The molecule has 2 aromatic carbocycles. The Kier molecular flexibility index (Phi) is 14.4. The number of benzene rings is 2. The first-order valence-electron chi connectivity index (χ1n) is 23.8. The summed E-state index contributed by atoms with van der Waals surface area (Å²) in [6.45, 7) is 5.31. The van der Waals surface area contributed by atoms with Crippen LogP contribution >= 0.6 is 11.3 Å². The van der Waals surface area contributed by atoms with Crippen molar-refractivity contribution in [1.82, 2.24) is 40.0 Å². The van der Waals surface area contributed by atoms with Crippen LogP contribution in [0.15, 0.2) is 58.4 Å². The average Bonchev–Trinajstić information content (AvgIpc) is 4.19. The van der Waals surface area contributed by atoms with Crippen molar-refractivity contribution in [3.8, 4) is 11.6 Å². The van der Waals surface area contributed by atoms with Gasteiger partial charge in [0, 0.05) is 63.3 Å². The molecule has 0 spiro atoms. The smallest absolute Gasteiger partial charge is 0.270 e. The van der Waals surface area contributed by atoms with E-state index >= 15 is 0 Å². The number of aromatic nitrogens is 2. The molecule has 4 amide bonds. The molecule has 4 fully saturated rings. The van der Waals surface area contributed by atoms with E-state index < -0.39 is 29.6 Å². The summed E-state index contributed by atoms with van der Waals surface area (Å²) >= 11 is 1.70. The van der Waals surface area contributed by atoms with Crippen molar-refractivity contribution in [2.75, 3.05) is 59.5 Å². The minimum Gasteiger partial charge on any atom is -0.489 e. The molecule has 0 bridgehead atoms.